The molecule has 2 nitrogen and oxygen atoms in total. The van der Waals surface area contributed by atoms with Gasteiger partial charge in [0.1, 0.15) is 0 Å². The number of nitrogens with zero attached hydrogens (tertiary/aromatic N) is 2. The first-order valence-corrected chi connectivity index (χ1v) is 5.49. The van der Waals surface area contributed by atoms with Gasteiger partial charge in [-0.05, 0) is 64.0 Å². The summed E-state index contributed by atoms with van der Waals surface area (Å²) >= 11 is 2.27. The average molecular weight is 306 g/mol. The molecule has 0 amide bonds. The molecule has 0 atom stereocenters. The van der Waals surface area contributed by atoms with Crippen LogP contribution in [-0.2, 0) is 0 Å². The van der Waals surface area contributed by atoms with Crippen LogP contribution in [0.25, 0.3) is 11.1 Å². The molecule has 1 aromatic carbocycles. The summed E-state index contributed by atoms with van der Waals surface area (Å²) in [5.74, 6) is 0. The van der Waals surface area contributed by atoms with Gasteiger partial charge in [0.25, 0.3) is 0 Å². The molecule has 0 aliphatic heterocycles. The van der Waals surface area contributed by atoms with E-state index in [4.69, 9.17) is 5.26 Å². The second-order valence-electron chi connectivity index (χ2n) is 3.04. The maximum absolute atomic E-state index is 8.84. The lowest BCUT2D eigenvalue weighted by Gasteiger charge is -2.04. The third-order valence-electron chi connectivity index (χ3n) is 2.09. The number of benzene rings is 1. The van der Waals surface area contributed by atoms with Crippen molar-refractivity contribution in [2.45, 2.75) is 0 Å². The van der Waals surface area contributed by atoms with Crippen molar-refractivity contribution < 1.29 is 0 Å². The molecular formula is C12H7IN2. The lowest BCUT2D eigenvalue weighted by Crippen LogP contribution is -1.85. The number of halogens is 1. The van der Waals surface area contributed by atoms with Crippen LogP contribution < -0.4 is 0 Å². The van der Waals surface area contributed by atoms with E-state index in [0.717, 1.165) is 14.7 Å². The van der Waals surface area contributed by atoms with Gasteiger partial charge in [-0.15, -0.1) is 0 Å². The average Bonchev–Trinajstić information content (AvgIpc) is 2.31. The molecule has 0 saturated heterocycles. The smallest absolute Gasteiger partial charge is 0.0991 e. The fourth-order valence-corrected chi connectivity index (χ4v) is 1.99. The van der Waals surface area contributed by atoms with Crippen molar-refractivity contribution in [3.05, 3.63) is 51.9 Å². The first kappa shape index (κ1) is 10.1. The molecule has 1 heterocycles. The van der Waals surface area contributed by atoms with Crippen molar-refractivity contribution in [1.29, 1.82) is 5.26 Å². The minimum atomic E-state index is 0.683. The summed E-state index contributed by atoms with van der Waals surface area (Å²) in [5, 5.41) is 8.84. The van der Waals surface area contributed by atoms with E-state index >= 15 is 0 Å². The van der Waals surface area contributed by atoms with Crippen molar-refractivity contribution in [1.82, 2.24) is 4.98 Å². The number of pyridine rings is 1. The van der Waals surface area contributed by atoms with Crippen LogP contribution in [0.5, 0.6) is 0 Å². The summed E-state index contributed by atoms with van der Waals surface area (Å²) < 4.78 is 1.14. The Bertz CT molecular complexity index is 515. The Kier molecular flexibility index (Phi) is 2.97. The van der Waals surface area contributed by atoms with Gasteiger partial charge in [0, 0.05) is 16.0 Å². The fraction of sp³-hybridized carbons (Fsp3) is 0. The minimum Gasteiger partial charge on any atom is -0.265 e. The van der Waals surface area contributed by atoms with Gasteiger partial charge in [-0.1, -0.05) is 0 Å². The van der Waals surface area contributed by atoms with Crippen LogP contribution in [0.15, 0.2) is 42.7 Å². The summed E-state index contributed by atoms with van der Waals surface area (Å²) in [7, 11) is 0. The zero-order valence-corrected chi connectivity index (χ0v) is 9.97. The highest BCUT2D eigenvalue weighted by molar-refractivity contribution is 14.1. The first-order chi connectivity index (χ1) is 7.31. The number of rotatable bonds is 1. The van der Waals surface area contributed by atoms with Crippen molar-refractivity contribution in [3.8, 4) is 17.2 Å². The highest BCUT2D eigenvalue weighted by Gasteiger charge is 2.03. The largest absolute Gasteiger partial charge is 0.265 e. The standard InChI is InChI=1S/C12H7IN2/c13-12-2-1-9(8-14)7-11(12)10-3-5-15-6-4-10/h1-7H. The molecule has 0 fully saturated rings. The summed E-state index contributed by atoms with van der Waals surface area (Å²) in [4.78, 5) is 3.98. The molecule has 0 bridgehead atoms. The fourth-order valence-electron chi connectivity index (χ4n) is 1.35. The topological polar surface area (TPSA) is 36.7 Å². The molecule has 0 saturated carbocycles. The lowest BCUT2D eigenvalue weighted by atomic mass is 10.1. The van der Waals surface area contributed by atoms with Gasteiger partial charge < -0.3 is 0 Å². The SMILES string of the molecule is N#Cc1ccc(I)c(-c2ccncc2)c1. The molecule has 0 radical (unpaired) electrons. The summed E-state index contributed by atoms with van der Waals surface area (Å²) in [6, 6.07) is 11.7. The third kappa shape index (κ3) is 2.16. The van der Waals surface area contributed by atoms with E-state index in [2.05, 4.69) is 33.6 Å². The molecule has 1 aromatic heterocycles. The van der Waals surface area contributed by atoms with Crippen molar-refractivity contribution >= 4 is 22.6 Å². The van der Waals surface area contributed by atoms with E-state index in [1.807, 2.05) is 30.3 Å². The van der Waals surface area contributed by atoms with Gasteiger partial charge in [0.2, 0.25) is 0 Å². The van der Waals surface area contributed by atoms with Crippen molar-refractivity contribution in [2.75, 3.05) is 0 Å². The quantitative estimate of drug-likeness (QED) is 0.759. The normalized spacial score (nSPS) is 9.60. The molecule has 0 N–H and O–H groups in total. The Morgan fingerprint density at radius 2 is 1.87 bits per heavy atom. The number of hydrogen-bond donors (Lipinski definition) is 0. The van der Waals surface area contributed by atoms with E-state index < -0.39 is 0 Å². The van der Waals surface area contributed by atoms with Gasteiger partial charge >= 0.3 is 0 Å². The van der Waals surface area contributed by atoms with E-state index in [-0.39, 0.29) is 0 Å². The number of aromatic nitrogens is 1. The lowest BCUT2D eigenvalue weighted by molar-refractivity contribution is 1.33. The Hall–Kier alpha value is -1.41. The second-order valence-corrected chi connectivity index (χ2v) is 4.20. The highest BCUT2D eigenvalue weighted by atomic mass is 127. The van der Waals surface area contributed by atoms with Crippen molar-refractivity contribution in [2.24, 2.45) is 0 Å². The van der Waals surface area contributed by atoms with E-state index in [0.29, 0.717) is 5.56 Å². The molecule has 0 aliphatic carbocycles. The van der Waals surface area contributed by atoms with Crippen LogP contribution in [-0.4, -0.2) is 4.98 Å². The van der Waals surface area contributed by atoms with Crippen LogP contribution >= 0.6 is 22.6 Å². The highest BCUT2D eigenvalue weighted by Crippen LogP contribution is 2.25. The molecule has 0 aliphatic rings. The maximum atomic E-state index is 8.84. The van der Waals surface area contributed by atoms with Crippen LogP contribution in [0.1, 0.15) is 5.56 Å². The zero-order chi connectivity index (χ0) is 10.7. The molecule has 3 heteroatoms. The first-order valence-electron chi connectivity index (χ1n) is 4.41. The van der Waals surface area contributed by atoms with Crippen LogP contribution in [0.3, 0.4) is 0 Å². The summed E-state index contributed by atoms with van der Waals surface area (Å²) in [5.41, 5.74) is 2.85. The Balaban J connectivity index is 2.58. The van der Waals surface area contributed by atoms with E-state index in [1.54, 1.807) is 12.4 Å². The molecule has 72 valence electrons. The molecular weight excluding hydrogens is 299 g/mol. The summed E-state index contributed by atoms with van der Waals surface area (Å²) in [6.07, 6.45) is 3.51. The Morgan fingerprint density at radius 3 is 2.53 bits per heavy atom. The maximum Gasteiger partial charge on any atom is 0.0991 e. The Labute approximate surface area is 102 Å². The number of nitriles is 1. The second kappa shape index (κ2) is 4.41. The minimum absolute atomic E-state index is 0.683. The van der Waals surface area contributed by atoms with Gasteiger partial charge in [0.05, 0.1) is 11.6 Å². The Morgan fingerprint density at radius 1 is 1.13 bits per heavy atom. The van der Waals surface area contributed by atoms with E-state index in [9.17, 15) is 0 Å². The predicted molar refractivity (Wildman–Crippen MR) is 67.1 cm³/mol. The molecule has 0 spiro atoms. The monoisotopic (exact) mass is 306 g/mol. The van der Waals surface area contributed by atoms with Crippen LogP contribution in [0, 0.1) is 14.9 Å². The van der Waals surface area contributed by atoms with Gasteiger partial charge in [-0.25, -0.2) is 0 Å². The predicted octanol–water partition coefficient (Wildman–Crippen LogP) is 3.22. The van der Waals surface area contributed by atoms with Crippen LogP contribution in [0.2, 0.25) is 0 Å². The third-order valence-corrected chi connectivity index (χ3v) is 3.03. The molecule has 2 aromatic rings. The van der Waals surface area contributed by atoms with Gasteiger partial charge in [-0.2, -0.15) is 5.26 Å². The van der Waals surface area contributed by atoms with Crippen molar-refractivity contribution in [3.63, 3.8) is 0 Å². The number of hydrogen-bond acceptors (Lipinski definition) is 2. The summed E-state index contributed by atoms with van der Waals surface area (Å²) in [6.45, 7) is 0. The molecule has 0 unspecified atom stereocenters. The molecule has 15 heavy (non-hydrogen) atoms. The van der Waals surface area contributed by atoms with Gasteiger partial charge in [0.15, 0.2) is 0 Å². The van der Waals surface area contributed by atoms with Crippen LogP contribution in [0.4, 0.5) is 0 Å². The zero-order valence-electron chi connectivity index (χ0n) is 7.81. The van der Waals surface area contributed by atoms with E-state index in [1.165, 1.54) is 0 Å². The molecule has 2 rings (SSSR count). The van der Waals surface area contributed by atoms with Gasteiger partial charge in [-0.3, -0.25) is 4.98 Å².